The Morgan fingerprint density at radius 3 is 1.83 bits per heavy atom. The monoisotopic (exact) mass is 261 g/mol. The smallest absolute Gasteiger partial charge is 0.416 e. The van der Waals surface area contributed by atoms with E-state index in [9.17, 15) is 13.2 Å². The van der Waals surface area contributed by atoms with E-state index in [2.05, 4.69) is 0 Å². The zero-order chi connectivity index (χ0) is 13.6. The predicted molar refractivity (Wildman–Crippen MR) is 59.6 cm³/mol. The zero-order valence-electron chi connectivity index (χ0n) is 10.1. The quantitative estimate of drug-likeness (QED) is 0.845. The number of hydrogen-bond acceptors (Lipinski definition) is 3. The lowest BCUT2D eigenvalue weighted by molar-refractivity contribution is -0.138. The van der Waals surface area contributed by atoms with Gasteiger partial charge in [0.25, 0.3) is 0 Å². The minimum Gasteiger partial charge on any atom is -0.486 e. The molecule has 1 aromatic rings. The van der Waals surface area contributed by atoms with Gasteiger partial charge in [-0.2, -0.15) is 13.2 Å². The highest BCUT2D eigenvalue weighted by Crippen LogP contribution is 2.42. The topological polar surface area (TPSA) is 44.5 Å². The molecule has 18 heavy (non-hydrogen) atoms. The van der Waals surface area contributed by atoms with Crippen molar-refractivity contribution in [1.82, 2.24) is 0 Å². The highest BCUT2D eigenvalue weighted by atomic mass is 19.4. The first-order valence-corrected chi connectivity index (χ1v) is 5.50. The van der Waals surface area contributed by atoms with Crippen molar-refractivity contribution in [2.45, 2.75) is 25.6 Å². The van der Waals surface area contributed by atoms with E-state index in [1.54, 1.807) is 0 Å². The summed E-state index contributed by atoms with van der Waals surface area (Å²) in [6.07, 6.45) is -4.47. The molecule has 0 atom stereocenters. The van der Waals surface area contributed by atoms with E-state index in [-0.39, 0.29) is 17.9 Å². The van der Waals surface area contributed by atoms with Crippen LogP contribution in [-0.4, -0.2) is 13.2 Å². The van der Waals surface area contributed by atoms with Crippen molar-refractivity contribution in [2.24, 2.45) is 5.73 Å². The van der Waals surface area contributed by atoms with Gasteiger partial charge >= 0.3 is 6.18 Å². The van der Waals surface area contributed by atoms with Crippen LogP contribution < -0.4 is 15.2 Å². The molecular weight excluding hydrogens is 247 g/mol. The molecule has 0 bridgehead atoms. The van der Waals surface area contributed by atoms with Gasteiger partial charge in [0.1, 0.15) is 13.2 Å². The second-order valence-corrected chi connectivity index (χ2v) is 4.76. The van der Waals surface area contributed by atoms with Crippen LogP contribution in [0.15, 0.2) is 12.1 Å². The average molecular weight is 261 g/mol. The van der Waals surface area contributed by atoms with Crippen LogP contribution in [0, 0.1) is 0 Å². The molecule has 2 N–H and O–H groups in total. The fourth-order valence-corrected chi connectivity index (χ4v) is 1.86. The summed E-state index contributed by atoms with van der Waals surface area (Å²) < 4.78 is 49.4. The highest BCUT2D eigenvalue weighted by Gasteiger charge is 2.38. The summed E-state index contributed by atoms with van der Waals surface area (Å²) in [5, 5.41) is 0. The molecule has 6 heteroatoms. The Morgan fingerprint density at radius 2 is 1.44 bits per heavy atom. The fourth-order valence-electron chi connectivity index (χ4n) is 1.86. The third kappa shape index (κ3) is 2.38. The molecule has 0 amide bonds. The molecule has 1 heterocycles. The number of nitrogens with two attached hydrogens (primary N) is 1. The Labute approximate surface area is 103 Å². The van der Waals surface area contributed by atoms with Crippen LogP contribution in [0.5, 0.6) is 11.5 Å². The number of rotatable bonds is 1. The Hall–Kier alpha value is -1.43. The molecule has 0 aliphatic carbocycles. The van der Waals surface area contributed by atoms with Gasteiger partial charge in [0.05, 0.1) is 5.56 Å². The van der Waals surface area contributed by atoms with Crippen LogP contribution in [-0.2, 0) is 11.7 Å². The van der Waals surface area contributed by atoms with Gasteiger partial charge in [0, 0.05) is 5.54 Å². The van der Waals surface area contributed by atoms with Gasteiger partial charge in [0.2, 0.25) is 0 Å². The Morgan fingerprint density at radius 1 is 1.00 bits per heavy atom. The normalized spacial score (nSPS) is 15.7. The van der Waals surface area contributed by atoms with Gasteiger partial charge in [0.15, 0.2) is 11.5 Å². The summed E-state index contributed by atoms with van der Waals surface area (Å²) in [7, 11) is 0. The highest BCUT2D eigenvalue weighted by molar-refractivity contribution is 5.51. The molecule has 0 fully saturated rings. The molecule has 0 aromatic heterocycles. The SMILES string of the molecule is CC(C)(N)c1cc2c(cc1C(F)(F)F)OCCO2. The Kier molecular flexibility index (Phi) is 2.93. The van der Waals surface area contributed by atoms with Crippen molar-refractivity contribution in [3.05, 3.63) is 23.3 Å². The van der Waals surface area contributed by atoms with E-state index in [1.165, 1.54) is 19.9 Å². The standard InChI is InChI=1S/C12H14F3NO2/c1-11(2,16)7-5-9-10(18-4-3-17-9)6-8(7)12(13,14)15/h5-6H,3-4,16H2,1-2H3. The largest absolute Gasteiger partial charge is 0.486 e. The Bertz CT molecular complexity index is 421. The molecule has 1 aromatic carbocycles. The van der Waals surface area contributed by atoms with Gasteiger partial charge in [-0.05, 0) is 31.5 Å². The third-order valence-corrected chi connectivity index (χ3v) is 2.68. The first-order chi connectivity index (χ1) is 8.19. The van der Waals surface area contributed by atoms with Crippen molar-refractivity contribution in [2.75, 3.05) is 13.2 Å². The lowest BCUT2D eigenvalue weighted by Gasteiger charge is -2.27. The van der Waals surface area contributed by atoms with Crippen LogP contribution in [0.2, 0.25) is 0 Å². The van der Waals surface area contributed by atoms with Gasteiger partial charge in [-0.15, -0.1) is 0 Å². The second kappa shape index (κ2) is 4.05. The number of halogens is 3. The maximum atomic E-state index is 13.0. The van der Waals surface area contributed by atoms with E-state index >= 15 is 0 Å². The van der Waals surface area contributed by atoms with Crippen molar-refractivity contribution >= 4 is 0 Å². The van der Waals surface area contributed by atoms with Gasteiger partial charge in [-0.25, -0.2) is 0 Å². The fraction of sp³-hybridized carbons (Fsp3) is 0.500. The molecular formula is C12H14F3NO2. The first-order valence-electron chi connectivity index (χ1n) is 5.50. The van der Waals surface area contributed by atoms with E-state index in [1.807, 2.05) is 0 Å². The van der Waals surface area contributed by atoms with Crippen molar-refractivity contribution < 1.29 is 22.6 Å². The van der Waals surface area contributed by atoms with Gasteiger partial charge in [-0.3, -0.25) is 0 Å². The molecule has 1 aliphatic heterocycles. The summed E-state index contributed by atoms with van der Waals surface area (Å²) in [5.41, 5.74) is 3.90. The number of alkyl halides is 3. The molecule has 2 rings (SSSR count). The third-order valence-electron chi connectivity index (χ3n) is 2.68. The van der Waals surface area contributed by atoms with E-state index in [4.69, 9.17) is 15.2 Å². The molecule has 0 saturated carbocycles. The maximum absolute atomic E-state index is 13.0. The lowest BCUT2D eigenvalue weighted by atomic mass is 9.90. The van der Waals surface area contributed by atoms with Crippen LogP contribution in [0.3, 0.4) is 0 Å². The minimum atomic E-state index is -4.47. The summed E-state index contributed by atoms with van der Waals surface area (Å²) >= 11 is 0. The molecule has 100 valence electrons. The number of hydrogen-bond donors (Lipinski definition) is 1. The van der Waals surface area contributed by atoms with E-state index in [0.717, 1.165) is 6.07 Å². The van der Waals surface area contributed by atoms with Gasteiger partial charge in [-0.1, -0.05) is 0 Å². The molecule has 3 nitrogen and oxygen atoms in total. The predicted octanol–water partition coefficient (Wildman–Crippen LogP) is 2.67. The average Bonchev–Trinajstić information content (AvgIpc) is 2.25. The van der Waals surface area contributed by atoms with Crippen molar-refractivity contribution in [1.29, 1.82) is 0 Å². The summed E-state index contributed by atoms with van der Waals surface area (Å²) in [6.45, 7) is 3.61. The van der Waals surface area contributed by atoms with E-state index < -0.39 is 17.3 Å². The Balaban J connectivity index is 2.63. The van der Waals surface area contributed by atoms with Crippen LogP contribution in [0.25, 0.3) is 0 Å². The molecule has 0 unspecified atom stereocenters. The lowest BCUT2D eigenvalue weighted by Crippen LogP contribution is -2.32. The maximum Gasteiger partial charge on any atom is 0.416 e. The molecule has 1 aliphatic rings. The van der Waals surface area contributed by atoms with Crippen LogP contribution >= 0.6 is 0 Å². The first kappa shape index (κ1) is 13.0. The number of fused-ring (bicyclic) bond motifs is 1. The van der Waals surface area contributed by atoms with Crippen molar-refractivity contribution in [3.63, 3.8) is 0 Å². The summed E-state index contributed by atoms with van der Waals surface area (Å²) in [6, 6.07) is 2.27. The number of ether oxygens (including phenoxy) is 2. The molecule has 0 saturated heterocycles. The summed E-state index contributed by atoms with van der Waals surface area (Å²) in [5.74, 6) is 0.421. The van der Waals surface area contributed by atoms with Crippen LogP contribution in [0.1, 0.15) is 25.0 Å². The van der Waals surface area contributed by atoms with Crippen LogP contribution in [0.4, 0.5) is 13.2 Å². The second-order valence-electron chi connectivity index (χ2n) is 4.76. The summed E-state index contributed by atoms with van der Waals surface area (Å²) in [4.78, 5) is 0. The minimum absolute atomic E-state index is 0.000694. The molecule has 0 radical (unpaired) electrons. The molecule has 0 spiro atoms. The zero-order valence-corrected chi connectivity index (χ0v) is 10.1. The number of benzene rings is 1. The van der Waals surface area contributed by atoms with Crippen molar-refractivity contribution in [3.8, 4) is 11.5 Å². The van der Waals surface area contributed by atoms with E-state index in [0.29, 0.717) is 12.4 Å². The van der Waals surface area contributed by atoms with Gasteiger partial charge < -0.3 is 15.2 Å².